The first-order valence-electron chi connectivity index (χ1n) is 8.76. The molecular weight excluding hydrogens is 356 g/mol. The zero-order chi connectivity index (χ0) is 18.8. The lowest BCUT2D eigenvalue weighted by Gasteiger charge is -2.12. The molecule has 4 aromatic rings. The van der Waals surface area contributed by atoms with E-state index in [1.807, 2.05) is 68.4 Å². The fraction of sp³-hybridized carbons (Fsp3) is 0.143. The maximum atomic E-state index is 13.1. The second-order valence-electron chi connectivity index (χ2n) is 6.16. The van der Waals surface area contributed by atoms with Crippen LogP contribution in [0.15, 0.2) is 54.6 Å². The van der Waals surface area contributed by atoms with Gasteiger partial charge >= 0.3 is 0 Å². The molecule has 0 saturated carbocycles. The number of aromatic nitrogens is 3. The number of aryl methyl sites for hydroxylation is 1. The molecule has 0 fully saturated rings. The molecule has 4 rings (SSSR count). The molecule has 1 amide bonds. The van der Waals surface area contributed by atoms with Gasteiger partial charge in [-0.05, 0) is 25.0 Å². The van der Waals surface area contributed by atoms with Crippen LogP contribution in [-0.4, -0.2) is 21.1 Å². The van der Waals surface area contributed by atoms with E-state index in [9.17, 15) is 4.79 Å². The third kappa shape index (κ3) is 3.31. The minimum atomic E-state index is -0.184. The molecule has 2 aromatic heterocycles. The number of fused-ring (bicyclic) bond motifs is 1. The summed E-state index contributed by atoms with van der Waals surface area (Å²) in [6.07, 6.45) is 0.772. The van der Waals surface area contributed by atoms with Gasteiger partial charge in [0.25, 0.3) is 5.91 Å². The predicted molar refractivity (Wildman–Crippen MR) is 109 cm³/mol. The lowest BCUT2D eigenvalue weighted by atomic mass is 9.99. The lowest BCUT2D eigenvalue weighted by molar-refractivity contribution is 0.102. The van der Waals surface area contributed by atoms with E-state index in [-0.39, 0.29) is 5.91 Å². The van der Waals surface area contributed by atoms with Crippen molar-refractivity contribution in [2.45, 2.75) is 20.3 Å². The number of anilines is 1. The number of rotatable bonds is 4. The molecule has 2 heterocycles. The van der Waals surface area contributed by atoms with Gasteiger partial charge in [-0.2, -0.15) is 0 Å². The summed E-state index contributed by atoms with van der Waals surface area (Å²) < 4.78 is 0. The fourth-order valence-electron chi connectivity index (χ4n) is 3.13. The Balaban J connectivity index is 1.70. The van der Waals surface area contributed by atoms with E-state index in [4.69, 9.17) is 0 Å². The third-order valence-electron chi connectivity index (χ3n) is 4.46. The van der Waals surface area contributed by atoms with Gasteiger partial charge in [0.1, 0.15) is 5.01 Å². The topological polar surface area (TPSA) is 67.8 Å². The second kappa shape index (κ2) is 7.25. The highest BCUT2D eigenvalue weighted by Crippen LogP contribution is 2.28. The number of pyridine rings is 1. The highest BCUT2D eigenvalue weighted by atomic mass is 32.1. The number of nitrogens with one attached hydrogen (secondary N) is 1. The van der Waals surface area contributed by atoms with Gasteiger partial charge in [0.15, 0.2) is 0 Å². The van der Waals surface area contributed by atoms with Crippen LogP contribution >= 0.6 is 11.3 Å². The van der Waals surface area contributed by atoms with E-state index in [0.717, 1.165) is 39.2 Å². The van der Waals surface area contributed by atoms with Gasteiger partial charge in [0, 0.05) is 16.6 Å². The van der Waals surface area contributed by atoms with Gasteiger partial charge in [0.05, 0.1) is 11.1 Å². The molecule has 0 radical (unpaired) electrons. The first-order valence-corrected chi connectivity index (χ1v) is 9.57. The van der Waals surface area contributed by atoms with Crippen molar-refractivity contribution < 1.29 is 4.79 Å². The van der Waals surface area contributed by atoms with Crippen LogP contribution in [0.25, 0.3) is 21.5 Å². The van der Waals surface area contributed by atoms with Crippen molar-refractivity contribution in [2.75, 3.05) is 5.32 Å². The molecule has 0 spiro atoms. The predicted octanol–water partition coefficient (Wildman–Crippen LogP) is 4.88. The van der Waals surface area contributed by atoms with Crippen molar-refractivity contribution in [2.24, 2.45) is 0 Å². The Morgan fingerprint density at radius 1 is 1.04 bits per heavy atom. The Morgan fingerprint density at radius 2 is 1.78 bits per heavy atom. The summed E-state index contributed by atoms with van der Waals surface area (Å²) in [4.78, 5) is 17.7. The second-order valence-corrected chi connectivity index (χ2v) is 7.14. The Hall–Kier alpha value is -3.12. The molecule has 0 aliphatic heterocycles. The monoisotopic (exact) mass is 374 g/mol. The maximum absolute atomic E-state index is 13.1. The number of hydrogen-bond donors (Lipinski definition) is 1. The summed E-state index contributed by atoms with van der Waals surface area (Å²) in [6.45, 7) is 3.99. The summed E-state index contributed by atoms with van der Waals surface area (Å²) in [5.74, 6) is -0.184. The largest absolute Gasteiger partial charge is 0.296 e. The Labute approximate surface area is 161 Å². The molecule has 6 heteroatoms. The minimum absolute atomic E-state index is 0.184. The molecule has 5 nitrogen and oxygen atoms in total. The summed E-state index contributed by atoms with van der Waals surface area (Å²) in [6, 6.07) is 17.5. The molecule has 0 saturated heterocycles. The maximum Gasteiger partial charge on any atom is 0.258 e. The number of amides is 1. The van der Waals surface area contributed by atoms with Gasteiger partial charge in [0.2, 0.25) is 5.13 Å². The fourth-order valence-corrected chi connectivity index (χ4v) is 3.87. The minimum Gasteiger partial charge on any atom is -0.296 e. The number of benzene rings is 2. The van der Waals surface area contributed by atoms with Crippen LogP contribution in [-0.2, 0) is 6.42 Å². The van der Waals surface area contributed by atoms with Gasteiger partial charge in [-0.25, -0.2) is 0 Å². The number of hydrogen-bond acceptors (Lipinski definition) is 5. The molecule has 0 aliphatic carbocycles. The molecule has 27 heavy (non-hydrogen) atoms. The number of para-hydroxylation sites is 1. The first-order chi connectivity index (χ1) is 13.2. The van der Waals surface area contributed by atoms with Crippen LogP contribution in [0.4, 0.5) is 5.13 Å². The van der Waals surface area contributed by atoms with Crippen LogP contribution < -0.4 is 5.32 Å². The van der Waals surface area contributed by atoms with Crippen molar-refractivity contribution >= 4 is 33.3 Å². The highest BCUT2D eigenvalue weighted by molar-refractivity contribution is 7.18. The quantitative estimate of drug-likeness (QED) is 0.553. The Kier molecular flexibility index (Phi) is 4.64. The van der Waals surface area contributed by atoms with Crippen LogP contribution in [0.1, 0.15) is 28.5 Å². The molecule has 0 bridgehead atoms. The van der Waals surface area contributed by atoms with E-state index < -0.39 is 0 Å². The average Bonchev–Trinajstić information content (AvgIpc) is 3.16. The average molecular weight is 374 g/mol. The third-order valence-corrected chi connectivity index (χ3v) is 5.35. The zero-order valence-electron chi connectivity index (χ0n) is 15.1. The van der Waals surface area contributed by atoms with Crippen LogP contribution in [0.2, 0.25) is 0 Å². The number of nitrogens with zero attached hydrogens (tertiary/aromatic N) is 3. The standard InChI is InChI=1S/C21H18N4OS/c1-3-16-13(2)18(15-11-7-8-12-17(15)22-16)19(26)23-21-25-24-20(27-21)14-9-5-4-6-10-14/h4-12H,3H2,1-2H3,(H,23,25,26). The molecule has 0 atom stereocenters. The summed E-state index contributed by atoms with van der Waals surface area (Å²) >= 11 is 1.36. The molecule has 0 unspecified atom stereocenters. The lowest BCUT2D eigenvalue weighted by Crippen LogP contribution is -2.15. The van der Waals surface area contributed by atoms with Crippen molar-refractivity contribution in [3.63, 3.8) is 0 Å². The normalized spacial score (nSPS) is 10.9. The van der Waals surface area contributed by atoms with Crippen LogP contribution in [0, 0.1) is 6.92 Å². The van der Waals surface area contributed by atoms with Crippen molar-refractivity contribution in [3.05, 3.63) is 71.4 Å². The summed E-state index contributed by atoms with van der Waals surface area (Å²) in [5.41, 5.74) is 4.29. The SMILES string of the molecule is CCc1nc2ccccc2c(C(=O)Nc2nnc(-c3ccccc3)s2)c1C. The molecule has 0 aliphatic rings. The van der Waals surface area contributed by atoms with Crippen molar-refractivity contribution in [1.82, 2.24) is 15.2 Å². The smallest absolute Gasteiger partial charge is 0.258 e. The number of carbonyl (C=O) groups excluding carboxylic acids is 1. The Morgan fingerprint density at radius 3 is 2.56 bits per heavy atom. The molecule has 134 valence electrons. The van der Waals surface area contributed by atoms with E-state index >= 15 is 0 Å². The van der Waals surface area contributed by atoms with Crippen LogP contribution in [0.5, 0.6) is 0 Å². The first kappa shape index (κ1) is 17.3. The van der Waals surface area contributed by atoms with Crippen molar-refractivity contribution in [3.8, 4) is 10.6 Å². The van der Waals surface area contributed by atoms with E-state index in [2.05, 4.69) is 20.5 Å². The molecule has 2 aromatic carbocycles. The van der Waals surface area contributed by atoms with Gasteiger partial charge in [-0.3, -0.25) is 15.1 Å². The zero-order valence-corrected chi connectivity index (χ0v) is 15.9. The van der Waals surface area contributed by atoms with E-state index in [0.29, 0.717) is 10.7 Å². The summed E-state index contributed by atoms with van der Waals surface area (Å²) in [7, 11) is 0. The molecular formula is C21H18N4OS. The van der Waals surface area contributed by atoms with E-state index in [1.54, 1.807) is 0 Å². The van der Waals surface area contributed by atoms with E-state index in [1.165, 1.54) is 11.3 Å². The van der Waals surface area contributed by atoms with Crippen molar-refractivity contribution in [1.29, 1.82) is 0 Å². The van der Waals surface area contributed by atoms with Crippen LogP contribution in [0.3, 0.4) is 0 Å². The van der Waals surface area contributed by atoms with Gasteiger partial charge < -0.3 is 0 Å². The van der Waals surface area contributed by atoms with Gasteiger partial charge in [-0.15, -0.1) is 10.2 Å². The highest BCUT2D eigenvalue weighted by Gasteiger charge is 2.19. The number of carbonyl (C=O) groups is 1. The summed E-state index contributed by atoms with van der Waals surface area (Å²) in [5, 5.41) is 13.3. The Bertz CT molecular complexity index is 1120. The van der Waals surface area contributed by atoms with Gasteiger partial charge in [-0.1, -0.05) is 66.8 Å². The molecule has 1 N–H and O–H groups in total.